The highest BCUT2D eigenvalue weighted by Gasteiger charge is 2.31. The van der Waals surface area contributed by atoms with Gasteiger partial charge in [0.15, 0.2) is 0 Å². The van der Waals surface area contributed by atoms with Gasteiger partial charge in [0.25, 0.3) is 5.91 Å². The Balaban J connectivity index is 1.35. The van der Waals surface area contributed by atoms with Gasteiger partial charge < -0.3 is 15.0 Å². The summed E-state index contributed by atoms with van der Waals surface area (Å²) in [5.74, 6) is 0.725. The molecule has 2 aromatic rings. The molecule has 2 aliphatic heterocycles. The second-order valence-electron chi connectivity index (χ2n) is 9.01. The average Bonchev–Trinajstić information content (AvgIpc) is 3.42. The number of hydrogen-bond donors (Lipinski definition) is 2. The van der Waals surface area contributed by atoms with Crippen LogP contribution in [0.1, 0.15) is 33.1 Å². The molecule has 0 radical (unpaired) electrons. The van der Waals surface area contributed by atoms with Gasteiger partial charge in [-0.2, -0.15) is 5.10 Å². The first kappa shape index (κ1) is 23.3. The summed E-state index contributed by atoms with van der Waals surface area (Å²) >= 11 is 0. The van der Waals surface area contributed by atoms with Gasteiger partial charge in [-0.15, -0.1) is 0 Å². The maximum Gasteiger partial charge on any atom is 0.321 e. The van der Waals surface area contributed by atoms with Crippen molar-refractivity contribution in [2.45, 2.75) is 18.6 Å². The van der Waals surface area contributed by atoms with Crippen molar-refractivity contribution in [2.24, 2.45) is 11.0 Å². The van der Waals surface area contributed by atoms with Crippen molar-refractivity contribution in [1.29, 1.82) is 0 Å². The third kappa shape index (κ3) is 4.47. The van der Waals surface area contributed by atoms with Gasteiger partial charge in [-0.05, 0) is 34.4 Å². The first-order valence-electron chi connectivity index (χ1n) is 11.7. The first-order chi connectivity index (χ1) is 17.5. The molecule has 2 aromatic carbocycles. The monoisotopic (exact) mass is 485 g/mol. The molecule has 0 saturated heterocycles. The molecule has 5 rings (SSSR count). The van der Waals surface area contributed by atoms with E-state index < -0.39 is 12.1 Å². The molecule has 3 atom stereocenters. The molecule has 184 valence electrons. The molecule has 2 heterocycles. The number of allylic oxidation sites excluding steroid dienone is 2. The van der Waals surface area contributed by atoms with E-state index >= 15 is 0 Å². The summed E-state index contributed by atoms with van der Waals surface area (Å²) in [4.78, 5) is 37.8. The highest BCUT2D eigenvalue weighted by molar-refractivity contribution is 5.98. The lowest BCUT2D eigenvalue weighted by Crippen LogP contribution is -2.42. The van der Waals surface area contributed by atoms with E-state index in [4.69, 9.17) is 4.74 Å². The van der Waals surface area contributed by atoms with Crippen molar-refractivity contribution in [3.05, 3.63) is 82.9 Å². The number of amides is 4. The van der Waals surface area contributed by atoms with Crippen LogP contribution in [0, 0.1) is 5.92 Å². The van der Waals surface area contributed by atoms with Crippen LogP contribution in [-0.4, -0.2) is 61.2 Å². The maximum atomic E-state index is 13.1. The van der Waals surface area contributed by atoms with Gasteiger partial charge in [0.1, 0.15) is 5.75 Å². The van der Waals surface area contributed by atoms with Crippen LogP contribution in [0.15, 0.2) is 65.8 Å². The molecule has 9 nitrogen and oxygen atoms in total. The van der Waals surface area contributed by atoms with E-state index in [1.54, 1.807) is 18.1 Å². The van der Waals surface area contributed by atoms with Crippen LogP contribution in [0.2, 0.25) is 0 Å². The molecule has 4 amide bonds. The van der Waals surface area contributed by atoms with Gasteiger partial charge in [0.2, 0.25) is 6.41 Å². The number of carbonyl (C=O) groups is 3. The zero-order chi connectivity index (χ0) is 25.2. The van der Waals surface area contributed by atoms with E-state index in [1.807, 2.05) is 54.7 Å². The molecule has 0 bridgehead atoms. The summed E-state index contributed by atoms with van der Waals surface area (Å²) in [5, 5.41) is 11.3. The van der Waals surface area contributed by atoms with Crippen molar-refractivity contribution in [2.75, 3.05) is 20.7 Å². The number of ether oxygens (including phenoxy) is 1. The average molecular weight is 486 g/mol. The standard InChI is InChI=1S/C27H27N5O4/c1-31-25-10-8-19(11-21(25)13-29-31)17-3-5-18(6-4-17)24(30-27(35)28-16-33)15-32-14-20-7-9-22(36-2)12-23(20)26(32)34/h3-13,16,21,24-25H,14-15H2,1-2H3,(H2,28,30,33,35)/t21?,24-,25?/m0/s1. The van der Waals surface area contributed by atoms with Crippen LogP contribution in [-0.2, 0) is 11.3 Å². The van der Waals surface area contributed by atoms with E-state index in [1.165, 1.54) is 0 Å². The van der Waals surface area contributed by atoms with Crippen LogP contribution in [0.4, 0.5) is 4.79 Å². The second-order valence-corrected chi connectivity index (χ2v) is 9.01. The lowest BCUT2D eigenvalue weighted by atomic mass is 9.89. The quantitative estimate of drug-likeness (QED) is 0.587. The van der Waals surface area contributed by atoms with E-state index in [0.717, 1.165) is 22.3 Å². The molecule has 3 aliphatic rings. The zero-order valence-corrected chi connectivity index (χ0v) is 20.0. The zero-order valence-electron chi connectivity index (χ0n) is 20.0. The van der Waals surface area contributed by atoms with E-state index in [9.17, 15) is 14.4 Å². The number of carbonyl (C=O) groups excluding carboxylic acids is 3. The van der Waals surface area contributed by atoms with Gasteiger partial charge in [-0.3, -0.25) is 19.9 Å². The van der Waals surface area contributed by atoms with Gasteiger partial charge in [-0.1, -0.05) is 48.6 Å². The van der Waals surface area contributed by atoms with E-state index in [-0.39, 0.29) is 24.4 Å². The minimum atomic E-state index is -0.626. The van der Waals surface area contributed by atoms with E-state index in [0.29, 0.717) is 24.3 Å². The molecule has 0 aromatic heterocycles. The van der Waals surface area contributed by atoms with Crippen LogP contribution in [0.5, 0.6) is 5.75 Å². The Labute approximate surface area is 209 Å². The smallest absolute Gasteiger partial charge is 0.321 e. The van der Waals surface area contributed by atoms with Gasteiger partial charge in [0, 0.05) is 37.8 Å². The molecule has 1 aliphatic carbocycles. The Morgan fingerprint density at radius 2 is 2.06 bits per heavy atom. The largest absolute Gasteiger partial charge is 0.497 e. The summed E-state index contributed by atoms with van der Waals surface area (Å²) < 4.78 is 5.25. The lowest BCUT2D eigenvalue weighted by molar-refractivity contribution is -0.108. The molecule has 36 heavy (non-hydrogen) atoms. The molecule has 2 unspecified atom stereocenters. The van der Waals surface area contributed by atoms with Crippen molar-refractivity contribution in [3.63, 3.8) is 0 Å². The fourth-order valence-electron chi connectivity index (χ4n) is 4.88. The van der Waals surface area contributed by atoms with Crippen LogP contribution in [0.3, 0.4) is 0 Å². The summed E-state index contributed by atoms with van der Waals surface area (Å²) in [7, 11) is 3.53. The fourth-order valence-corrected chi connectivity index (χ4v) is 4.88. The number of urea groups is 1. The van der Waals surface area contributed by atoms with Crippen molar-refractivity contribution >= 4 is 30.1 Å². The van der Waals surface area contributed by atoms with Crippen molar-refractivity contribution in [3.8, 4) is 5.75 Å². The molecule has 0 saturated carbocycles. The Bertz CT molecular complexity index is 1280. The number of methoxy groups -OCH3 is 1. The number of benzene rings is 2. The van der Waals surface area contributed by atoms with Crippen LogP contribution >= 0.6 is 0 Å². The summed E-state index contributed by atoms with van der Waals surface area (Å²) in [6.45, 7) is 0.677. The van der Waals surface area contributed by atoms with Gasteiger partial charge in [-0.25, -0.2) is 4.79 Å². The number of hydrogen-bond acceptors (Lipinski definition) is 6. The number of likely N-dealkylation sites (N-methyl/N-ethyl adjacent to an activating group) is 1. The predicted octanol–water partition coefficient (Wildman–Crippen LogP) is 2.72. The molecule has 2 N–H and O–H groups in total. The minimum absolute atomic E-state index is 0.127. The summed E-state index contributed by atoms with van der Waals surface area (Å²) in [5.41, 5.74) is 4.47. The van der Waals surface area contributed by atoms with E-state index in [2.05, 4.69) is 34.0 Å². The fraction of sp³-hybridized carbons (Fsp3) is 0.259. The van der Waals surface area contributed by atoms with Crippen molar-refractivity contribution in [1.82, 2.24) is 20.5 Å². The number of imide groups is 1. The number of fused-ring (bicyclic) bond motifs is 2. The van der Waals surface area contributed by atoms with Crippen molar-refractivity contribution < 1.29 is 19.1 Å². The molecule has 9 heteroatoms. The highest BCUT2D eigenvalue weighted by atomic mass is 16.5. The molecule has 0 fully saturated rings. The third-order valence-corrected chi connectivity index (χ3v) is 6.83. The topological polar surface area (TPSA) is 103 Å². The number of nitrogens with zero attached hydrogens (tertiary/aromatic N) is 3. The first-order valence-corrected chi connectivity index (χ1v) is 11.7. The van der Waals surface area contributed by atoms with Crippen LogP contribution in [0.25, 0.3) is 5.57 Å². The maximum absolute atomic E-state index is 13.1. The third-order valence-electron chi connectivity index (χ3n) is 6.83. The predicted molar refractivity (Wildman–Crippen MR) is 135 cm³/mol. The Morgan fingerprint density at radius 3 is 2.81 bits per heavy atom. The summed E-state index contributed by atoms with van der Waals surface area (Å²) in [6, 6.07) is 12.4. The molecule has 0 spiro atoms. The lowest BCUT2D eigenvalue weighted by Gasteiger charge is -2.25. The van der Waals surface area contributed by atoms with Gasteiger partial charge >= 0.3 is 6.03 Å². The Hall–Kier alpha value is -4.40. The Kier molecular flexibility index (Phi) is 6.28. The second kappa shape index (κ2) is 9.69. The highest BCUT2D eigenvalue weighted by Crippen LogP contribution is 2.31. The number of nitrogens with one attached hydrogen (secondary N) is 2. The van der Waals surface area contributed by atoms with Crippen LogP contribution < -0.4 is 15.4 Å². The minimum Gasteiger partial charge on any atom is -0.497 e. The number of hydrazone groups is 1. The summed E-state index contributed by atoms with van der Waals surface area (Å²) in [6.07, 6.45) is 8.74. The molecular formula is C27H27N5O4. The SMILES string of the molecule is COc1ccc2c(c1)C(=O)N(C[C@H](NC(=O)NC=O)c1ccc(C3=CC4C=NN(C)C4C=C3)cc1)C2. The molecular weight excluding hydrogens is 458 g/mol. The Morgan fingerprint density at radius 1 is 1.25 bits per heavy atom. The normalized spacial score (nSPS) is 20.5. The van der Waals surface area contributed by atoms with Gasteiger partial charge in [0.05, 0.1) is 19.2 Å². The number of rotatable bonds is 7.